The van der Waals surface area contributed by atoms with Gasteiger partial charge in [-0.25, -0.2) is 8.42 Å². The van der Waals surface area contributed by atoms with Gasteiger partial charge in [-0.2, -0.15) is 0 Å². The maximum absolute atomic E-state index is 12.5. The summed E-state index contributed by atoms with van der Waals surface area (Å²) in [4.78, 5) is 12.7. The molecule has 25 heavy (non-hydrogen) atoms. The van der Waals surface area contributed by atoms with Crippen LogP contribution in [0, 0.1) is 6.92 Å². The molecule has 0 saturated heterocycles. The van der Waals surface area contributed by atoms with E-state index in [1.165, 1.54) is 6.07 Å². The van der Waals surface area contributed by atoms with Gasteiger partial charge in [-0.15, -0.1) is 12.4 Å². The van der Waals surface area contributed by atoms with E-state index in [1.807, 2.05) is 31.2 Å². The zero-order valence-electron chi connectivity index (χ0n) is 14.5. The van der Waals surface area contributed by atoms with Crippen molar-refractivity contribution in [1.82, 2.24) is 5.32 Å². The molecule has 0 aliphatic carbocycles. The van der Waals surface area contributed by atoms with Crippen molar-refractivity contribution in [2.24, 2.45) is 0 Å². The highest BCUT2D eigenvalue weighted by Gasteiger charge is 2.15. The molecule has 0 aliphatic rings. The second-order valence-electron chi connectivity index (χ2n) is 5.64. The van der Waals surface area contributed by atoms with Crippen molar-refractivity contribution in [3.8, 4) is 0 Å². The van der Waals surface area contributed by atoms with Crippen LogP contribution in [0.3, 0.4) is 0 Å². The molecule has 0 bridgehead atoms. The van der Waals surface area contributed by atoms with E-state index in [9.17, 15) is 13.2 Å². The van der Waals surface area contributed by atoms with Crippen molar-refractivity contribution in [2.45, 2.75) is 25.3 Å². The summed E-state index contributed by atoms with van der Waals surface area (Å²) in [5.41, 5.74) is 2.63. The SMILES string of the molecule is CCNCc1ccccc1NC(=O)c1ccc(C)c(S(C)(=O)=O)c1.Cl. The van der Waals surface area contributed by atoms with Crippen LogP contribution in [0.5, 0.6) is 0 Å². The van der Waals surface area contributed by atoms with Crippen molar-refractivity contribution in [3.63, 3.8) is 0 Å². The minimum atomic E-state index is -3.37. The van der Waals surface area contributed by atoms with Crippen molar-refractivity contribution in [3.05, 3.63) is 59.2 Å². The van der Waals surface area contributed by atoms with Gasteiger partial charge in [0.15, 0.2) is 9.84 Å². The van der Waals surface area contributed by atoms with Crippen LogP contribution in [0.2, 0.25) is 0 Å². The van der Waals surface area contributed by atoms with Crippen LogP contribution in [0.15, 0.2) is 47.4 Å². The Balaban J connectivity index is 0.00000312. The highest BCUT2D eigenvalue weighted by atomic mass is 35.5. The first-order chi connectivity index (χ1) is 11.3. The average molecular weight is 383 g/mol. The van der Waals surface area contributed by atoms with Gasteiger partial charge in [0.05, 0.1) is 4.90 Å². The number of amides is 1. The van der Waals surface area contributed by atoms with E-state index in [2.05, 4.69) is 10.6 Å². The zero-order valence-corrected chi connectivity index (χ0v) is 16.1. The minimum absolute atomic E-state index is 0. The molecule has 7 heteroatoms. The summed E-state index contributed by atoms with van der Waals surface area (Å²) >= 11 is 0. The fraction of sp³-hybridized carbons (Fsp3) is 0.278. The number of para-hydroxylation sites is 1. The largest absolute Gasteiger partial charge is 0.322 e. The summed E-state index contributed by atoms with van der Waals surface area (Å²) in [5, 5.41) is 6.08. The van der Waals surface area contributed by atoms with E-state index in [4.69, 9.17) is 0 Å². The molecule has 2 rings (SSSR count). The monoisotopic (exact) mass is 382 g/mol. The molecule has 5 nitrogen and oxygen atoms in total. The highest BCUT2D eigenvalue weighted by Crippen LogP contribution is 2.20. The normalized spacial score (nSPS) is 10.8. The van der Waals surface area contributed by atoms with Crippen LogP contribution in [0.4, 0.5) is 5.69 Å². The average Bonchev–Trinajstić information content (AvgIpc) is 2.53. The lowest BCUT2D eigenvalue weighted by Gasteiger charge is -2.12. The Morgan fingerprint density at radius 3 is 2.44 bits per heavy atom. The Labute approximate surface area is 155 Å². The summed E-state index contributed by atoms with van der Waals surface area (Å²) in [6.07, 6.45) is 1.14. The van der Waals surface area contributed by atoms with Crippen molar-refractivity contribution in [1.29, 1.82) is 0 Å². The molecule has 2 N–H and O–H groups in total. The fourth-order valence-corrected chi connectivity index (χ4v) is 3.39. The molecule has 0 aliphatic heterocycles. The molecule has 0 radical (unpaired) electrons. The molecule has 0 fully saturated rings. The van der Waals surface area contributed by atoms with Gasteiger partial charge < -0.3 is 10.6 Å². The minimum Gasteiger partial charge on any atom is -0.322 e. The quantitative estimate of drug-likeness (QED) is 0.804. The third kappa shape index (κ3) is 5.56. The number of sulfone groups is 1. The standard InChI is InChI=1S/C18H22N2O3S.ClH/c1-4-19-12-15-7-5-6-8-16(15)20-18(21)14-10-9-13(2)17(11-14)24(3,22)23;/h5-11,19H,4,12H2,1-3H3,(H,20,21);1H. The first-order valence-corrected chi connectivity index (χ1v) is 9.62. The van der Waals surface area contributed by atoms with Crippen LogP contribution in [0.1, 0.15) is 28.4 Å². The fourth-order valence-electron chi connectivity index (χ4n) is 2.39. The molecule has 0 aromatic heterocycles. The zero-order chi connectivity index (χ0) is 17.7. The molecule has 2 aromatic rings. The van der Waals surface area contributed by atoms with Crippen LogP contribution in [-0.4, -0.2) is 27.1 Å². The number of rotatable bonds is 6. The van der Waals surface area contributed by atoms with Gasteiger partial charge >= 0.3 is 0 Å². The molecule has 0 saturated carbocycles. The highest BCUT2D eigenvalue weighted by molar-refractivity contribution is 7.90. The van der Waals surface area contributed by atoms with E-state index in [1.54, 1.807) is 19.1 Å². The van der Waals surface area contributed by atoms with Crippen molar-refractivity contribution < 1.29 is 13.2 Å². The summed E-state index contributed by atoms with van der Waals surface area (Å²) in [7, 11) is -3.37. The van der Waals surface area contributed by atoms with Gasteiger partial charge in [0.25, 0.3) is 5.91 Å². The van der Waals surface area contributed by atoms with E-state index in [-0.39, 0.29) is 23.2 Å². The van der Waals surface area contributed by atoms with Crippen LogP contribution < -0.4 is 10.6 Å². The van der Waals surface area contributed by atoms with Crippen LogP contribution in [-0.2, 0) is 16.4 Å². The summed E-state index contributed by atoms with van der Waals surface area (Å²) in [5.74, 6) is -0.330. The number of aryl methyl sites for hydroxylation is 1. The Kier molecular flexibility index (Phi) is 7.60. The summed E-state index contributed by atoms with van der Waals surface area (Å²) < 4.78 is 23.6. The van der Waals surface area contributed by atoms with Crippen LogP contribution >= 0.6 is 12.4 Å². The Hall–Kier alpha value is -1.89. The van der Waals surface area contributed by atoms with Crippen LogP contribution in [0.25, 0.3) is 0 Å². The molecular formula is C18H23ClN2O3S. The molecule has 0 spiro atoms. The summed E-state index contributed by atoms with van der Waals surface area (Å²) in [6.45, 7) is 5.21. The first-order valence-electron chi connectivity index (χ1n) is 7.73. The molecule has 0 atom stereocenters. The molecule has 2 aromatic carbocycles. The smallest absolute Gasteiger partial charge is 0.255 e. The van der Waals surface area contributed by atoms with Gasteiger partial charge in [-0.3, -0.25) is 4.79 Å². The lowest BCUT2D eigenvalue weighted by atomic mass is 10.1. The first kappa shape index (κ1) is 21.2. The number of anilines is 1. The lowest BCUT2D eigenvalue weighted by molar-refractivity contribution is 0.102. The summed E-state index contributed by atoms with van der Waals surface area (Å²) in [6, 6.07) is 12.2. The van der Waals surface area contributed by atoms with Gasteiger partial charge in [-0.05, 0) is 42.8 Å². The number of carbonyl (C=O) groups is 1. The number of nitrogens with one attached hydrogen (secondary N) is 2. The molecule has 0 unspecified atom stereocenters. The van der Waals surface area contributed by atoms with Gasteiger partial charge in [-0.1, -0.05) is 31.2 Å². The number of carbonyl (C=O) groups excluding carboxylic acids is 1. The lowest BCUT2D eigenvalue weighted by Crippen LogP contribution is -2.17. The van der Waals surface area contributed by atoms with E-state index >= 15 is 0 Å². The molecule has 1 amide bonds. The second kappa shape index (κ2) is 8.99. The predicted molar refractivity (Wildman–Crippen MR) is 103 cm³/mol. The predicted octanol–water partition coefficient (Wildman–Crippen LogP) is 3.18. The maximum atomic E-state index is 12.5. The topological polar surface area (TPSA) is 75.3 Å². The van der Waals surface area contributed by atoms with Gasteiger partial charge in [0.1, 0.15) is 0 Å². The van der Waals surface area contributed by atoms with Crippen molar-refractivity contribution in [2.75, 3.05) is 18.1 Å². The van der Waals surface area contributed by atoms with E-state index in [0.717, 1.165) is 18.4 Å². The number of halogens is 1. The Morgan fingerprint density at radius 2 is 1.80 bits per heavy atom. The number of hydrogen-bond donors (Lipinski definition) is 2. The van der Waals surface area contributed by atoms with Gasteiger partial charge in [0.2, 0.25) is 0 Å². The third-order valence-corrected chi connectivity index (χ3v) is 4.92. The molecule has 136 valence electrons. The van der Waals surface area contributed by atoms with E-state index < -0.39 is 9.84 Å². The second-order valence-corrected chi connectivity index (χ2v) is 7.63. The molecule has 0 heterocycles. The molecular weight excluding hydrogens is 360 g/mol. The Bertz CT molecular complexity index is 851. The van der Waals surface area contributed by atoms with Crippen molar-refractivity contribution >= 4 is 33.8 Å². The van der Waals surface area contributed by atoms with E-state index in [0.29, 0.717) is 23.4 Å². The number of hydrogen-bond acceptors (Lipinski definition) is 4. The maximum Gasteiger partial charge on any atom is 0.255 e. The third-order valence-electron chi connectivity index (χ3n) is 3.68. The Morgan fingerprint density at radius 1 is 1.12 bits per heavy atom. The number of benzene rings is 2. The van der Waals surface area contributed by atoms with Gasteiger partial charge in [0, 0.05) is 24.1 Å².